The molecule has 0 saturated heterocycles. The highest BCUT2D eigenvalue weighted by molar-refractivity contribution is 4.70. The van der Waals surface area contributed by atoms with Crippen LogP contribution in [0.25, 0.3) is 0 Å². The van der Waals surface area contributed by atoms with Gasteiger partial charge in [-0.15, -0.1) is 0 Å². The zero-order chi connectivity index (χ0) is 12.9. The molecule has 0 rings (SSSR count). The van der Waals surface area contributed by atoms with Crippen molar-refractivity contribution in [2.45, 2.75) is 18.7 Å². The van der Waals surface area contributed by atoms with Crippen LogP contribution in [0.1, 0.15) is 6.42 Å². The van der Waals surface area contributed by atoms with E-state index in [2.05, 4.69) is 5.32 Å². The van der Waals surface area contributed by atoms with Gasteiger partial charge in [0.05, 0.1) is 19.8 Å². The quantitative estimate of drug-likeness (QED) is 0.192. The van der Waals surface area contributed by atoms with Crippen molar-refractivity contribution in [3.8, 4) is 0 Å². The molecule has 8 N–H and O–H groups in total. The van der Waals surface area contributed by atoms with E-state index in [1.54, 1.807) is 0 Å². The van der Waals surface area contributed by atoms with Crippen molar-refractivity contribution in [3.63, 3.8) is 0 Å². The molecule has 0 saturated carbocycles. The average Bonchev–Trinajstić information content (AvgIpc) is 2.36. The van der Waals surface area contributed by atoms with Crippen LogP contribution >= 0.6 is 0 Å². The number of ether oxygens (including phenoxy) is 2. The van der Waals surface area contributed by atoms with Crippen LogP contribution in [0.15, 0.2) is 0 Å². The minimum atomic E-state index is -0.267. The second-order valence-corrected chi connectivity index (χ2v) is 3.61. The molecule has 0 aliphatic heterocycles. The Balaban J connectivity index is 3.66. The molecule has 104 valence electrons. The van der Waals surface area contributed by atoms with Gasteiger partial charge in [0.1, 0.15) is 6.23 Å². The molecule has 0 amide bonds. The summed E-state index contributed by atoms with van der Waals surface area (Å²) >= 11 is 0. The second-order valence-electron chi connectivity index (χ2n) is 3.61. The third kappa shape index (κ3) is 9.42. The van der Waals surface area contributed by atoms with Gasteiger partial charge in [0.25, 0.3) is 0 Å². The summed E-state index contributed by atoms with van der Waals surface area (Å²) in [7, 11) is 0. The van der Waals surface area contributed by atoms with E-state index in [-0.39, 0.29) is 18.9 Å². The molecule has 7 heteroatoms. The largest absolute Gasteiger partial charge is 0.396 e. The molecular formula is C10H26N4O3. The maximum Gasteiger partial charge on any atom is 0.120 e. The van der Waals surface area contributed by atoms with Crippen molar-refractivity contribution >= 4 is 0 Å². The number of aliphatic hydroxyl groups is 1. The van der Waals surface area contributed by atoms with Crippen molar-refractivity contribution in [1.29, 1.82) is 0 Å². The number of rotatable bonds is 12. The fraction of sp³-hybridized carbons (Fsp3) is 1.00. The lowest BCUT2D eigenvalue weighted by molar-refractivity contribution is -0.0103. The Morgan fingerprint density at radius 2 is 1.82 bits per heavy atom. The summed E-state index contributed by atoms with van der Waals surface area (Å²) < 4.78 is 10.7. The fourth-order valence-corrected chi connectivity index (χ4v) is 1.31. The van der Waals surface area contributed by atoms with Crippen LogP contribution in [0.2, 0.25) is 0 Å². The van der Waals surface area contributed by atoms with Crippen LogP contribution in [-0.4, -0.2) is 63.4 Å². The Morgan fingerprint density at radius 1 is 1.06 bits per heavy atom. The van der Waals surface area contributed by atoms with Crippen LogP contribution in [0.3, 0.4) is 0 Å². The van der Waals surface area contributed by atoms with Gasteiger partial charge in [-0.2, -0.15) is 0 Å². The summed E-state index contributed by atoms with van der Waals surface area (Å²) in [4.78, 5) is 0. The van der Waals surface area contributed by atoms with Crippen molar-refractivity contribution in [1.82, 2.24) is 5.32 Å². The van der Waals surface area contributed by atoms with Crippen LogP contribution in [0, 0.1) is 0 Å². The van der Waals surface area contributed by atoms with Gasteiger partial charge in [0.15, 0.2) is 0 Å². The van der Waals surface area contributed by atoms with Crippen molar-refractivity contribution in [2.75, 3.05) is 46.1 Å². The molecule has 0 aromatic carbocycles. The third-order valence-corrected chi connectivity index (χ3v) is 2.21. The van der Waals surface area contributed by atoms with E-state index in [1.807, 2.05) is 0 Å². The number of hydrogen-bond donors (Lipinski definition) is 5. The number of nitrogens with two attached hydrogens (primary N) is 3. The van der Waals surface area contributed by atoms with Crippen molar-refractivity contribution in [3.05, 3.63) is 0 Å². The van der Waals surface area contributed by atoms with Gasteiger partial charge >= 0.3 is 0 Å². The molecule has 7 nitrogen and oxygen atoms in total. The highest BCUT2D eigenvalue weighted by atomic mass is 16.5. The molecule has 2 atom stereocenters. The number of hydrogen-bond acceptors (Lipinski definition) is 7. The Hall–Kier alpha value is -0.280. The van der Waals surface area contributed by atoms with Gasteiger partial charge in [-0.3, -0.25) is 5.32 Å². The normalized spacial score (nSPS) is 14.8. The molecule has 0 radical (unpaired) electrons. The summed E-state index contributed by atoms with van der Waals surface area (Å²) in [5.41, 5.74) is 16.4. The first-order valence-corrected chi connectivity index (χ1v) is 5.94. The first-order chi connectivity index (χ1) is 8.28. The smallest absolute Gasteiger partial charge is 0.120 e. The molecule has 0 aromatic rings. The van der Waals surface area contributed by atoms with Gasteiger partial charge < -0.3 is 31.8 Å². The Labute approximate surface area is 103 Å². The number of aliphatic hydroxyl groups excluding tert-OH is 1. The van der Waals surface area contributed by atoms with E-state index >= 15 is 0 Å². The summed E-state index contributed by atoms with van der Waals surface area (Å²) in [6, 6.07) is 0.0125. The zero-order valence-corrected chi connectivity index (χ0v) is 10.3. The van der Waals surface area contributed by atoms with Gasteiger partial charge in [-0.25, -0.2) is 0 Å². The predicted molar refractivity (Wildman–Crippen MR) is 66.3 cm³/mol. The van der Waals surface area contributed by atoms with Crippen LogP contribution in [0.5, 0.6) is 0 Å². The standard InChI is InChI=1S/C10H26N4O3/c11-2-4-16-5-6-17-10(8-13)14-9(7-12)1-3-15/h9-10,14-15H,1-8,11-13H2. The van der Waals surface area contributed by atoms with Gasteiger partial charge in [0.2, 0.25) is 0 Å². The lowest BCUT2D eigenvalue weighted by Crippen LogP contribution is -2.48. The molecule has 0 fully saturated rings. The van der Waals surface area contributed by atoms with E-state index in [0.29, 0.717) is 45.9 Å². The molecule has 17 heavy (non-hydrogen) atoms. The maximum atomic E-state index is 8.83. The van der Waals surface area contributed by atoms with Crippen molar-refractivity contribution < 1.29 is 14.6 Å². The lowest BCUT2D eigenvalue weighted by Gasteiger charge is -2.23. The first kappa shape index (κ1) is 16.7. The van der Waals surface area contributed by atoms with Crippen LogP contribution < -0.4 is 22.5 Å². The topological polar surface area (TPSA) is 129 Å². The average molecular weight is 250 g/mol. The summed E-state index contributed by atoms with van der Waals surface area (Å²) in [6.45, 7) is 2.84. The lowest BCUT2D eigenvalue weighted by atomic mass is 10.2. The molecule has 0 spiro atoms. The Morgan fingerprint density at radius 3 is 2.35 bits per heavy atom. The van der Waals surface area contributed by atoms with Gasteiger partial charge in [-0.1, -0.05) is 0 Å². The molecular weight excluding hydrogens is 224 g/mol. The minimum Gasteiger partial charge on any atom is -0.396 e. The van der Waals surface area contributed by atoms with Gasteiger partial charge in [0, 0.05) is 32.3 Å². The summed E-state index contributed by atoms with van der Waals surface area (Å²) in [6.07, 6.45) is 0.316. The molecule has 0 aliphatic rings. The van der Waals surface area contributed by atoms with E-state index in [0.717, 1.165) is 0 Å². The van der Waals surface area contributed by atoms with E-state index < -0.39 is 0 Å². The molecule has 0 bridgehead atoms. The van der Waals surface area contributed by atoms with Crippen molar-refractivity contribution in [2.24, 2.45) is 17.2 Å². The van der Waals surface area contributed by atoms with E-state index in [4.69, 9.17) is 31.8 Å². The molecule has 0 aliphatic carbocycles. The van der Waals surface area contributed by atoms with E-state index in [1.165, 1.54) is 0 Å². The van der Waals surface area contributed by atoms with Crippen LogP contribution in [0.4, 0.5) is 0 Å². The molecule has 2 unspecified atom stereocenters. The highest BCUT2D eigenvalue weighted by Crippen LogP contribution is 1.93. The predicted octanol–water partition coefficient (Wildman–Crippen LogP) is -2.44. The first-order valence-electron chi connectivity index (χ1n) is 5.94. The third-order valence-electron chi connectivity index (χ3n) is 2.21. The fourth-order valence-electron chi connectivity index (χ4n) is 1.31. The highest BCUT2D eigenvalue weighted by Gasteiger charge is 2.12. The number of nitrogens with one attached hydrogen (secondary N) is 1. The Bertz CT molecular complexity index is 162. The molecule has 0 aromatic heterocycles. The van der Waals surface area contributed by atoms with Crippen LogP contribution in [-0.2, 0) is 9.47 Å². The minimum absolute atomic E-state index is 0.0125. The Kier molecular flexibility index (Phi) is 12.0. The SMILES string of the molecule is NCCOCCOC(CN)NC(CN)CCO. The van der Waals surface area contributed by atoms with E-state index in [9.17, 15) is 0 Å². The summed E-state index contributed by atoms with van der Waals surface area (Å²) in [5.74, 6) is 0. The molecule has 0 heterocycles. The monoisotopic (exact) mass is 250 g/mol. The summed E-state index contributed by atoms with van der Waals surface area (Å²) in [5, 5.41) is 12.0. The van der Waals surface area contributed by atoms with Gasteiger partial charge in [-0.05, 0) is 6.42 Å². The maximum absolute atomic E-state index is 8.83. The second kappa shape index (κ2) is 12.2. The zero-order valence-electron chi connectivity index (χ0n) is 10.3.